The van der Waals surface area contributed by atoms with Gasteiger partial charge < -0.3 is 9.84 Å². The molecule has 2 aromatic carbocycles. The van der Waals surface area contributed by atoms with Crippen LogP contribution in [0.3, 0.4) is 0 Å². The summed E-state index contributed by atoms with van der Waals surface area (Å²) in [6.07, 6.45) is 5.57. The normalized spacial score (nSPS) is 17.9. The average molecular weight is 444 g/mol. The smallest absolute Gasteiger partial charge is 0.236 e. The fraction of sp³-hybridized carbons (Fsp3) is 0.357. The molecule has 0 amide bonds. The van der Waals surface area contributed by atoms with Crippen LogP contribution in [0, 0.1) is 0 Å². The molecule has 2 heterocycles. The van der Waals surface area contributed by atoms with Crippen molar-refractivity contribution >= 4 is 10.9 Å². The van der Waals surface area contributed by atoms with Gasteiger partial charge >= 0.3 is 0 Å². The summed E-state index contributed by atoms with van der Waals surface area (Å²) in [6.45, 7) is 4.48. The minimum absolute atomic E-state index is 0.159. The number of para-hydroxylation sites is 1. The summed E-state index contributed by atoms with van der Waals surface area (Å²) >= 11 is 0. The van der Waals surface area contributed by atoms with E-state index in [0.717, 1.165) is 59.0 Å². The molecule has 1 fully saturated rings. The molecule has 0 bridgehead atoms. The van der Waals surface area contributed by atoms with Gasteiger partial charge in [0.25, 0.3) is 0 Å². The Morgan fingerprint density at radius 3 is 2.42 bits per heavy atom. The van der Waals surface area contributed by atoms with E-state index in [2.05, 4.69) is 53.8 Å². The van der Waals surface area contributed by atoms with E-state index in [1.165, 1.54) is 0 Å². The van der Waals surface area contributed by atoms with Crippen LogP contribution in [0.5, 0.6) is 5.88 Å². The van der Waals surface area contributed by atoms with E-state index in [0.29, 0.717) is 18.4 Å². The van der Waals surface area contributed by atoms with Crippen LogP contribution in [0.15, 0.2) is 66.9 Å². The number of aliphatic hydroxyl groups excluding tert-OH is 1. The molecule has 1 aliphatic carbocycles. The Labute approximate surface area is 196 Å². The Bertz CT molecular complexity index is 1180. The first-order valence-corrected chi connectivity index (χ1v) is 12.0. The molecule has 1 aliphatic rings. The van der Waals surface area contributed by atoms with E-state index in [1.807, 2.05) is 43.8 Å². The standard InChI is InChI=1S/C26H27N3O2.C2H6/c1-29-16-23(19-10-13-22(30)14-11-19)26(28-29)31-17-18-6-8-21(9-7-18)25-15-12-20-4-2-3-5-24(20)27-25;1-2/h2-9,12,15-16,19,22,30H,10-11,13-14,17H2,1H3;1-2H3. The van der Waals surface area contributed by atoms with Gasteiger partial charge in [-0.3, -0.25) is 4.68 Å². The predicted molar refractivity (Wildman–Crippen MR) is 133 cm³/mol. The second-order valence-corrected chi connectivity index (χ2v) is 8.44. The van der Waals surface area contributed by atoms with Gasteiger partial charge in [0.1, 0.15) is 6.61 Å². The second-order valence-electron chi connectivity index (χ2n) is 8.44. The highest BCUT2D eigenvalue weighted by Crippen LogP contribution is 2.37. The van der Waals surface area contributed by atoms with Crippen LogP contribution < -0.4 is 4.74 Å². The average Bonchev–Trinajstić information content (AvgIpc) is 3.25. The third-order valence-electron chi connectivity index (χ3n) is 6.18. The lowest BCUT2D eigenvalue weighted by molar-refractivity contribution is 0.122. The Hall–Kier alpha value is -3.18. The van der Waals surface area contributed by atoms with E-state index in [4.69, 9.17) is 9.72 Å². The van der Waals surface area contributed by atoms with Gasteiger partial charge in [-0.15, -0.1) is 5.10 Å². The fourth-order valence-electron chi connectivity index (χ4n) is 4.42. The van der Waals surface area contributed by atoms with E-state index in [-0.39, 0.29) is 6.10 Å². The summed E-state index contributed by atoms with van der Waals surface area (Å²) in [5, 5.41) is 15.5. The molecule has 5 heteroatoms. The van der Waals surface area contributed by atoms with E-state index in [1.54, 1.807) is 0 Å². The maximum absolute atomic E-state index is 9.80. The maximum atomic E-state index is 9.80. The van der Waals surface area contributed by atoms with Crippen LogP contribution in [-0.2, 0) is 13.7 Å². The zero-order chi connectivity index (χ0) is 23.2. The van der Waals surface area contributed by atoms with Crippen molar-refractivity contribution in [3.8, 4) is 17.1 Å². The van der Waals surface area contributed by atoms with Gasteiger partial charge in [0.2, 0.25) is 5.88 Å². The Morgan fingerprint density at radius 2 is 1.67 bits per heavy atom. The van der Waals surface area contributed by atoms with Crippen molar-refractivity contribution in [1.82, 2.24) is 14.8 Å². The van der Waals surface area contributed by atoms with Gasteiger partial charge in [-0.2, -0.15) is 0 Å². The molecule has 5 rings (SSSR count). The number of nitrogens with zero attached hydrogens (tertiary/aromatic N) is 3. The SMILES string of the molecule is CC.Cn1cc(C2CCC(O)CC2)c(OCc2ccc(-c3ccc4ccccc4n3)cc2)n1. The van der Waals surface area contributed by atoms with Gasteiger partial charge in [-0.1, -0.05) is 62.4 Å². The summed E-state index contributed by atoms with van der Waals surface area (Å²) in [7, 11) is 1.93. The monoisotopic (exact) mass is 443 g/mol. The molecule has 0 radical (unpaired) electrons. The molecule has 172 valence electrons. The van der Waals surface area contributed by atoms with Crippen molar-refractivity contribution in [3.05, 3.63) is 78.0 Å². The van der Waals surface area contributed by atoms with E-state index < -0.39 is 0 Å². The zero-order valence-corrected chi connectivity index (χ0v) is 19.7. The second kappa shape index (κ2) is 10.6. The first-order chi connectivity index (χ1) is 16.2. The maximum Gasteiger partial charge on any atom is 0.236 e. The highest BCUT2D eigenvalue weighted by atomic mass is 16.5. The lowest BCUT2D eigenvalue weighted by Crippen LogP contribution is -2.17. The number of hydrogen-bond acceptors (Lipinski definition) is 4. The van der Waals surface area contributed by atoms with Crippen LogP contribution in [0.25, 0.3) is 22.2 Å². The van der Waals surface area contributed by atoms with E-state index >= 15 is 0 Å². The first kappa shape index (κ1) is 23.0. The third-order valence-corrected chi connectivity index (χ3v) is 6.18. The molecule has 4 aromatic rings. The van der Waals surface area contributed by atoms with Crippen molar-refractivity contribution in [2.24, 2.45) is 7.05 Å². The van der Waals surface area contributed by atoms with Crippen LogP contribution >= 0.6 is 0 Å². The van der Waals surface area contributed by atoms with Gasteiger partial charge in [-0.05, 0) is 49.3 Å². The molecule has 1 saturated carbocycles. The highest BCUT2D eigenvalue weighted by molar-refractivity contribution is 5.81. The largest absolute Gasteiger partial charge is 0.472 e. The zero-order valence-electron chi connectivity index (χ0n) is 19.7. The van der Waals surface area contributed by atoms with Crippen molar-refractivity contribution < 1.29 is 9.84 Å². The Morgan fingerprint density at radius 1 is 0.939 bits per heavy atom. The highest BCUT2D eigenvalue weighted by Gasteiger charge is 2.25. The number of pyridine rings is 1. The summed E-state index contributed by atoms with van der Waals surface area (Å²) in [4.78, 5) is 4.78. The molecule has 0 aliphatic heterocycles. The number of fused-ring (bicyclic) bond motifs is 1. The van der Waals surface area contributed by atoms with Gasteiger partial charge in [0.05, 0.1) is 17.3 Å². The van der Waals surface area contributed by atoms with Crippen molar-refractivity contribution in [2.75, 3.05) is 0 Å². The van der Waals surface area contributed by atoms with Crippen molar-refractivity contribution in [3.63, 3.8) is 0 Å². The fourth-order valence-corrected chi connectivity index (χ4v) is 4.42. The Balaban J connectivity index is 0.00000126. The molecular weight excluding hydrogens is 410 g/mol. The number of aliphatic hydroxyl groups is 1. The molecule has 0 atom stereocenters. The quantitative estimate of drug-likeness (QED) is 0.395. The summed E-state index contributed by atoms with van der Waals surface area (Å²) in [5.74, 6) is 1.12. The lowest BCUT2D eigenvalue weighted by atomic mass is 9.84. The topological polar surface area (TPSA) is 60.2 Å². The molecule has 5 nitrogen and oxygen atoms in total. The van der Waals surface area contributed by atoms with Gasteiger partial charge in [0.15, 0.2) is 0 Å². The summed E-state index contributed by atoms with van der Waals surface area (Å²) < 4.78 is 7.94. The van der Waals surface area contributed by atoms with Crippen LogP contribution in [0.4, 0.5) is 0 Å². The summed E-state index contributed by atoms with van der Waals surface area (Å²) in [5.41, 5.74) is 5.32. The first-order valence-electron chi connectivity index (χ1n) is 12.0. The molecule has 2 aromatic heterocycles. The number of benzene rings is 2. The Kier molecular flexibility index (Phi) is 7.40. The molecule has 0 unspecified atom stereocenters. The van der Waals surface area contributed by atoms with Gasteiger partial charge in [-0.25, -0.2) is 4.98 Å². The summed E-state index contributed by atoms with van der Waals surface area (Å²) in [6, 6.07) is 20.7. The van der Waals surface area contributed by atoms with Gasteiger partial charge in [0, 0.05) is 29.8 Å². The number of rotatable bonds is 5. The molecule has 33 heavy (non-hydrogen) atoms. The lowest BCUT2D eigenvalue weighted by Gasteiger charge is -2.25. The number of aryl methyl sites for hydroxylation is 1. The van der Waals surface area contributed by atoms with Crippen LogP contribution in [-0.4, -0.2) is 26.0 Å². The number of aromatic nitrogens is 3. The number of hydrogen-bond donors (Lipinski definition) is 1. The third kappa shape index (κ3) is 5.42. The minimum atomic E-state index is -0.159. The molecular formula is C28H33N3O2. The molecule has 0 spiro atoms. The minimum Gasteiger partial charge on any atom is -0.472 e. The van der Waals surface area contributed by atoms with E-state index in [9.17, 15) is 5.11 Å². The number of ether oxygens (including phenoxy) is 1. The van der Waals surface area contributed by atoms with Crippen molar-refractivity contribution in [2.45, 2.75) is 58.2 Å². The molecule has 0 saturated heterocycles. The van der Waals surface area contributed by atoms with Crippen LogP contribution in [0.2, 0.25) is 0 Å². The van der Waals surface area contributed by atoms with Crippen LogP contribution in [0.1, 0.15) is 56.6 Å². The van der Waals surface area contributed by atoms with Crippen molar-refractivity contribution in [1.29, 1.82) is 0 Å². The predicted octanol–water partition coefficient (Wildman–Crippen LogP) is 6.26. The molecule has 1 N–H and O–H groups in total.